The van der Waals surface area contributed by atoms with Crippen LogP contribution in [0.25, 0.3) is 5.69 Å². The Balaban J connectivity index is 1.98. The molecule has 2 aliphatic heterocycles. The van der Waals surface area contributed by atoms with Gasteiger partial charge in [-0.15, -0.1) is 0 Å². The van der Waals surface area contributed by atoms with Gasteiger partial charge >= 0.3 is 0 Å². The van der Waals surface area contributed by atoms with Gasteiger partial charge in [0.25, 0.3) is 0 Å². The number of fused-ring (bicyclic) bond motifs is 5. The van der Waals surface area contributed by atoms with E-state index in [0.29, 0.717) is 27.3 Å². The first kappa shape index (κ1) is 16.2. The number of nitrogens with zero attached hydrogens (tertiary/aromatic N) is 2. The molecular formula is C18H18N2O4S. The maximum absolute atomic E-state index is 11.9. The van der Waals surface area contributed by atoms with E-state index in [0.717, 1.165) is 12.8 Å². The summed E-state index contributed by atoms with van der Waals surface area (Å²) >= 11 is 0. The summed E-state index contributed by atoms with van der Waals surface area (Å²) in [6.45, 7) is 3.83. The second kappa shape index (κ2) is 4.87. The number of benzene rings is 1. The van der Waals surface area contributed by atoms with Crippen LogP contribution in [0.15, 0.2) is 23.1 Å². The summed E-state index contributed by atoms with van der Waals surface area (Å²) in [5, 5.41) is 30.8. The highest BCUT2D eigenvalue weighted by molar-refractivity contribution is 7.84. The van der Waals surface area contributed by atoms with E-state index in [-0.39, 0.29) is 11.8 Å². The third-order valence-electron chi connectivity index (χ3n) is 5.36. The van der Waals surface area contributed by atoms with Crippen molar-refractivity contribution < 1.29 is 19.2 Å². The Morgan fingerprint density at radius 3 is 2.24 bits per heavy atom. The fraction of sp³-hybridized carbons (Fsp3) is 0.389. The summed E-state index contributed by atoms with van der Waals surface area (Å²) in [7, 11) is -1.37. The van der Waals surface area contributed by atoms with Crippen LogP contribution in [0.2, 0.25) is 0 Å². The molecule has 1 aromatic heterocycles. The molecular weight excluding hydrogens is 340 g/mol. The number of rotatable bonds is 2. The first-order chi connectivity index (χ1) is 11.7. The van der Waals surface area contributed by atoms with Gasteiger partial charge < -0.3 is 14.9 Å². The molecule has 1 fully saturated rings. The molecule has 0 spiro atoms. The average molecular weight is 358 g/mol. The maximum atomic E-state index is 11.9. The van der Waals surface area contributed by atoms with E-state index in [1.165, 1.54) is 10.8 Å². The lowest BCUT2D eigenvalue weighted by Gasteiger charge is -2.21. The monoisotopic (exact) mass is 358 g/mol. The zero-order chi connectivity index (χ0) is 18.1. The number of aromatic hydroxyl groups is 2. The van der Waals surface area contributed by atoms with Crippen molar-refractivity contribution in [3.05, 3.63) is 34.9 Å². The fourth-order valence-corrected chi connectivity index (χ4v) is 4.91. The predicted octanol–water partition coefficient (Wildman–Crippen LogP) is 2.75. The third kappa shape index (κ3) is 1.95. The van der Waals surface area contributed by atoms with E-state index in [2.05, 4.69) is 0 Å². The zero-order valence-corrected chi connectivity index (χ0v) is 15.0. The Bertz CT molecular complexity index is 950. The summed E-state index contributed by atoms with van der Waals surface area (Å²) in [4.78, 5) is 0.365. The number of ether oxygens (including phenoxy) is 1. The molecule has 3 heterocycles. The van der Waals surface area contributed by atoms with Crippen LogP contribution >= 0.6 is 0 Å². The van der Waals surface area contributed by atoms with Gasteiger partial charge in [0.1, 0.15) is 6.07 Å². The fourth-order valence-electron chi connectivity index (χ4n) is 4.20. The number of hydrogen-bond donors (Lipinski definition) is 2. The molecule has 4 rings (SSSR count). The quantitative estimate of drug-likeness (QED) is 0.861. The number of aromatic nitrogens is 1. The molecule has 0 amide bonds. The molecule has 1 saturated heterocycles. The van der Waals surface area contributed by atoms with Crippen LogP contribution < -0.4 is 0 Å². The first-order valence-corrected chi connectivity index (χ1v) is 9.53. The second-order valence-electron chi connectivity index (χ2n) is 7.04. The van der Waals surface area contributed by atoms with Crippen LogP contribution in [0.4, 0.5) is 0 Å². The largest absolute Gasteiger partial charge is 0.494 e. The van der Waals surface area contributed by atoms with Gasteiger partial charge in [0, 0.05) is 6.26 Å². The maximum Gasteiger partial charge on any atom is 0.205 e. The Labute approximate surface area is 147 Å². The van der Waals surface area contributed by atoms with Crippen LogP contribution in [0.1, 0.15) is 43.4 Å². The summed E-state index contributed by atoms with van der Waals surface area (Å²) in [5.74, 6) is -0.146. The molecule has 1 unspecified atom stereocenters. The Kier molecular flexibility index (Phi) is 3.15. The Morgan fingerprint density at radius 2 is 1.76 bits per heavy atom. The number of nitriles is 1. The van der Waals surface area contributed by atoms with E-state index < -0.39 is 22.0 Å². The van der Waals surface area contributed by atoms with E-state index in [4.69, 9.17) is 4.74 Å². The van der Waals surface area contributed by atoms with Crippen LogP contribution in [0.3, 0.4) is 0 Å². The minimum Gasteiger partial charge on any atom is -0.494 e. The van der Waals surface area contributed by atoms with E-state index in [1.54, 1.807) is 18.2 Å². The van der Waals surface area contributed by atoms with Gasteiger partial charge in [-0.3, -0.25) is 8.78 Å². The first-order valence-electron chi connectivity index (χ1n) is 7.97. The van der Waals surface area contributed by atoms with Crippen molar-refractivity contribution in [1.29, 1.82) is 5.26 Å². The molecule has 2 aliphatic rings. The standard InChI is InChI=1S/C18H18N2O4S/c1-17-6-7-18(2,24-17)14-13(17)15(21)20(16(14)22)11-5-4-10(9-19)12(8-11)25(3)23/h4-5,8,21-22H,6-7H2,1-3H3/t17-,18+,25?. The van der Waals surface area contributed by atoms with Crippen LogP contribution in [-0.4, -0.2) is 25.2 Å². The van der Waals surface area contributed by atoms with Crippen molar-refractivity contribution in [3.8, 4) is 23.5 Å². The van der Waals surface area contributed by atoms with Crippen molar-refractivity contribution in [3.63, 3.8) is 0 Å². The van der Waals surface area contributed by atoms with Gasteiger partial charge in [-0.25, -0.2) is 0 Å². The second-order valence-corrected chi connectivity index (χ2v) is 8.39. The van der Waals surface area contributed by atoms with Gasteiger partial charge in [0.2, 0.25) is 11.8 Å². The lowest BCUT2D eigenvalue weighted by Crippen LogP contribution is -2.17. The van der Waals surface area contributed by atoms with Crippen LogP contribution in [0.5, 0.6) is 11.8 Å². The molecule has 2 aromatic rings. The molecule has 25 heavy (non-hydrogen) atoms. The van der Waals surface area contributed by atoms with Gasteiger partial charge in [0.15, 0.2) is 0 Å². The van der Waals surface area contributed by atoms with Crippen molar-refractivity contribution >= 4 is 10.8 Å². The summed E-state index contributed by atoms with van der Waals surface area (Å²) in [5.41, 5.74) is 0.745. The molecule has 7 heteroatoms. The van der Waals surface area contributed by atoms with Crippen molar-refractivity contribution in [2.24, 2.45) is 0 Å². The summed E-state index contributed by atoms with van der Waals surface area (Å²) < 4.78 is 19.4. The molecule has 1 aromatic carbocycles. The molecule has 2 N–H and O–H groups in total. The van der Waals surface area contributed by atoms with Gasteiger partial charge in [-0.2, -0.15) is 5.26 Å². The Morgan fingerprint density at radius 1 is 1.20 bits per heavy atom. The van der Waals surface area contributed by atoms with Crippen molar-refractivity contribution in [2.75, 3.05) is 6.26 Å². The third-order valence-corrected chi connectivity index (χ3v) is 6.32. The molecule has 6 nitrogen and oxygen atoms in total. The molecule has 3 atom stereocenters. The average Bonchev–Trinajstić information content (AvgIpc) is 3.11. The van der Waals surface area contributed by atoms with E-state index >= 15 is 0 Å². The normalized spacial score (nSPS) is 27.9. The molecule has 0 radical (unpaired) electrons. The van der Waals surface area contributed by atoms with E-state index in [9.17, 15) is 19.7 Å². The van der Waals surface area contributed by atoms with Gasteiger partial charge in [-0.1, -0.05) is 0 Å². The van der Waals surface area contributed by atoms with Crippen LogP contribution in [-0.2, 0) is 26.7 Å². The summed E-state index contributed by atoms with van der Waals surface area (Å²) in [6.07, 6.45) is 3.03. The van der Waals surface area contributed by atoms with Crippen LogP contribution in [0, 0.1) is 11.3 Å². The lowest BCUT2D eigenvalue weighted by atomic mass is 9.80. The lowest BCUT2D eigenvalue weighted by molar-refractivity contribution is -0.0683. The highest BCUT2D eigenvalue weighted by Crippen LogP contribution is 2.64. The summed E-state index contributed by atoms with van der Waals surface area (Å²) in [6, 6.07) is 6.75. The topological polar surface area (TPSA) is 95.5 Å². The molecule has 2 bridgehead atoms. The molecule has 0 saturated carbocycles. The van der Waals surface area contributed by atoms with E-state index in [1.807, 2.05) is 19.9 Å². The minimum absolute atomic E-state index is 0.0732. The molecule has 130 valence electrons. The smallest absolute Gasteiger partial charge is 0.205 e. The van der Waals surface area contributed by atoms with Crippen molar-refractivity contribution in [1.82, 2.24) is 4.57 Å². The number of hydrogen-bond acceptors (Lipinski definition) is 5. The Hall–Kier alpha value is -2.30. The zero-order valence-electron chi connectivity index (χ0n) is 14.2. The minimum atomic E-state index is -1.37. The predicted molar refractivity (Wildman–Crippen MR) is 91.2 cm³/mol. The highest BCUT2D eigenvalue weighted by Gasteiger charge is 2.59. The SMILES string of the molecule is CS(=O)c1cc(-n2c(O)c3c(c2O)[C@]2(C)CC[C@@]3(C)O2)ccc1C#N. The van der Waals surface area contributed by atoms with Gasteiger partial charge in [-0.05, 0) is 44.9 Å². The highest BCUT2D eigenvalue weighted by atomic mass is 32.2. The molecule has 0 aliphatic carbocycles. The van der Waals surface area contributed by atoms with Gasteiger partial charge in [0.05, 0.1) is 49.3 Å². The van der Waals surface area contributed by atoms with Crippen molar-refractivity contribution in [2.45, 2.75) is 42.8 Å².